The van der Waals surface area contributed by atoms with Crippen molar-refractivity contribution in [1.29, 1.82) is 5.26 Å². The molecule has 0 aliphatic heterocycles. The van der Waals surface area contributed by atoms with Crippen molar-refractivity contribution in [2.45, 2.75) is 19.0 Å². The van der Waals surface area contributed by atoms with Crippen LogP contribution >= 0.6 is 0 Å². The Bertz CT molecular complexity index is 460. The van der Waals surface area contributed by atoms with Gasteiger partial charge in [0.2, 0.25) is 5.95 Å². The molecule has 0 saturated heterocycles. The smallest absolute Gasteiger partial charge is 0.214 e. The number of hydrogen-bond donors (Lipinski definition) is 0. The van der Waals surface area contributed by atoms with Crippen molar-refractivity contribution in [2.24, 2.45) is 0 Å². The van der Waals surface area contributed by atoms with Gasteiger partial charge in [0.15, 0.2) is 5.69 Å². The van der Waals surface area contributed by atoms with Gasteiger partial charge < -0.3 is 0 Å². The molecule has 0 radical (unpaired) electrons. The molecule has 0 N–H and O–H groups in total. The van der Waals surface area contributed by atoms with Crippen molar-refractivity contribution in [1.82, 2.24) is 4.98 Å². The molecular formula is C9H4F6N2. The summed E-state index contributed by atoms with van der Waals surface area (Å²) in [7, 11) is 0. The third-order valence-electron chi connectivity index (χ3n) is 1.85. The minimum atomic E-state index is -5.17. The lowest BCUT2D eigenvalue weighted by molar-refractivity contribution is -0.143. The first-order valence-electron chi connectivity index (χ1n) is 4.19. The molecule has 0 bridgehead atoms. The van der Waals surface area contributed by atoms with E-state index in [0.717, 1.165) is 0 Å². The number of nitrogens with zero attached hydrogens (tertiary/aromatic N) is 2. The zero-order valence-corrected chi connectivity index (χ0v) is 8.02. The minimum Gasteiger partial charge on any atom is -0.214 e. The molecule has 2 nitrogen and oxygen atoms in total. The van der Waals surface area contributed by atoms with Crippen molar-refractivity contribution in [3.05, 3.63) is 28.8 Å². The molecule has 0 saturated carbocycles. The summed E-state index contributed by atoms with van der Waals surface area (Å²) >= 11 is 0. The SMILES string of the molecule is N#CCc1cc(C(F)F)c(C(F)(F)F)nc1F. The van der Waals surface area contributed by atoms with Crippen LogP contribution in [0, 0.1) is 17.3 Å². The molecule has 0 fully saturated rings. The molecule has 1 heterocycles. The largest absolute Gasteiger partial charge is 0.433 e. The van der Waals surface area contributed by atoms with Crippen LogP contribution in [0.15, 0.2) is 6.07 Å². The van der Waals surface area contributed by atoms with Crippen LogP contribution in [-0.2, 0) is 12.6 Å². The predicted octanol–water partition coefficient (Wildman–Crippen LogP) is 3.24. The van der Waals surface area contributed by atoms with E-state index < -0.39 is 41.8 Å². The minimum absolute atomic E-state index is 0.318. The second kappa shape index (κ2) is 4.61. The van der Waals surface area contributed by atoms with Crippen molar-refractivity contribution in [3.63, 3.8) is 0 Å². The molecule has 17 heavy (non-hydrogen) atoms. The molecule has 1 aromatic heterocycles. The lowest BCUT2D eigenvalue weighted by Crippen LogP contribution is -2.15. The van der Waals surface area contributed by atoms with Gasteiger partial charge in [-0.3, -0.25) is 0 Å². The third-order valence-corrected chi connectivity index (χ3v) is 1.85. The number of alkyl halides is 5. The Hall–Kier alpha value is -1.78. The maximum atomic E-state index is 13.0. The van der Waals surface area contributed by atoms with Crippen LogP contribution in [0.3, 0.4) is 0 Å². The second-order valence-electron chi connectivity index (χ2n) is 3.01. The highest BCUT2D eigenvalue weighted by atomic mass is 19.4. The van der Waals surface area contributed by atoms with E-state index in [1.54, 1.807) is 0 Å². The van der Waals surface area contributed by atoms with Gasteiger partial charge in [-0.2, -0.15) is 22.8 Å². The number of aromatic nitrogens is 1. The number of rotatable bonds is 2. The fourth-order valence-corrected chi connectivity index (χ4v) is 1.15. The summed E-state index contributed by atoms with van der Waals surface area (Å²) in [6.45, 7) is 0. The summed E-state index contributed by atoms with van der Waals surface area (Å²) in [5, 5.41) is 8.25. The van der Waals surface area contributed by atoms with E-state index in [9.17, 15) is 26.3 Å². The Morgan fingerprint density at radius 3 is 2.35 bits per heavy atom. The summed E-state index contributed by atoms with van der Waals surface area (Å²) in [4.78, 5) is 2.46. The quantitative estimate of drug-likeness (QED) is 0.600. The van der Waals surface area contributed by atoms with Crippen LogP contribution in [-0.4, -0.2) is 4.98 Å². The summed E-state index contributed by atoms with van der Waals surface area (Å²) < 4.78 is 74.6. The fraction of sp³-hybridized carbons (Fsp3) is 0.333. The second-order valence-corrected chi connectivity index (χ2v) is 3.01. The average molecular weight is 254 g/mol. The monoisotopic (exact) mass is 254 g/mol. The molecule has 0 atom stereocenters. The van der Waals surface area contributed by atoms with E-state index in [1.807, 2.05) is 0 Å². The summed E-state index contributed by atoms with van der Waals surface area (Å²) in [6.07, 6.45) is -9.24. The van der Waals surface area contributed by atoms with Crippen molar-refractivity contribution < 1.29 is 26.3 Å². The van der Waals surface area contributed by atoms with Gasteiger partial charge in [0.05, 0.1) is 12.5 Å². The number of hydrogen-bond acceptors (Lipinski definition) is 2. The predicted molar refractivity (Wildman–Crippen MR) is 43.5 cm³/mol. The van der Waals surface area contributed by atoms with Gasteiger partial charge in [0.25, 0.3) is 6.43 Å². The van der Waals surface area contributed by atoms with Gasteiger partial charge in [0.1, 0.15) is 0 Å². The maximum Gasteiger partial charge on any atom is 0.433 e. The molecule has 1 rings (SSSR count). The average Bonchev–Trinajstić information content (AvgIpc) is 2.19. The zero-order chi connectivity index (χ0) is 13.2. The number of halogens is 6. The molecular weight excluding hydrogens is 250 g/mol. The lowest BCUT2D eigenvalue weighted by Gasteiger charge is -2.12. The van der Waals surface area contributed by atoms with Gasteiger partial charge in [-0.05, 0) is 6.07 Å². The van der Waals surface area contributed by atoms with Gasteiger partial charge in [-0.15, -0.1) is 0 Å². The Morgan fingerprint density at radius 2 is 1.94 bits per heavy atom. The molecule has 0 aliphatic carbocycles. The van der Waals surface area contributed by atoms with Crippen molar-refractivity contribution in [2.75, 3.05) is 0 Å². The van der Waals surface area contributed by atoms with Crippen LogP contribution < -0.4 is 0 Å². The number of pyridine rings is 1. The molecule has 92 valence electrons. The van der Waals surface area contributed by atoms with Gasteiger partial charge >= 0.3 is 6.18 Å². The van der Waals surface area contributed by atoms with Crippen LogP contribution in [0.4, 0.5) is 26.3 Å². The van der Waals surface area contributed by atoms with E-state index in [4.69, 9.17) is 5.26 Å². The Morgan fingerprint density at radius 1 is 1.35 bits per heavy atom. The first kappa shape index (κ1) is 13.3. The maximum absolute atomic E-state index is 13.0. The van der Waals surface area contributed by atoms with E-state index in [-0.39, 0.29) is 0 Å². The van der Waals surface area contributed by atoms with Crippen LogP contribution in [0.5, 0.6) is 0 Å². The van der Waals surface area contributed by atoms with Gasteiger partial charge in [-0.25, -0.2) is 13.8 Å². The Balaban J connectivity index is 3.42. The van der Waals surface area contributed by atoms with Crippen molar-refractivity contribution in [3.8, 4) is 6.07 Å². The molecule has 0 aromatic carbocycles. The summed E-state index contributed by atoms with van der Waals surface area (Å²) in [5.74, 6) is -1.57. The Labute approximate surface area is 91.5 Å². The first-order chi connectivity index (χ1) is 7.77. The van der Waals surface area contributed by atoms with Crippen molar-refractivity contribution >= 4 is 0 Å². The van der Waals surface area contributed by atoms with E-state index in [2.05, 4.69) is 4.98 Å². The highest BCUT2D eigenvalue weighted by molar-refractivity contribution is 5.30. The standard InChI is InChI=1S/C9H4F6N2/c10-7(11)5-3-4(1-2-16)8(12)17-6(5)9(13,14)15/h3,7H,1H2. The van der Waals surface area contributed by atoms with Crippen LogP contribution in [0.25, 0.3) is 0 Å². The zero-order valence-electron chi connectivity index (χ0n) is 8.02. The molecule has 0 unspecified atom stereocenters. The molecule has 8 heteroatoms. The first-order valence-corrected chi connectivity index (χ1v) is 4.19. The normalized spacial score (nSPS) is 11.6. The molecule has 0 aliphatic rings. The summed E-state index contributed by atoms with van der Waals surface area (Å²) in [5.41, 5.74) is -3.98. The Kier molecular flexibility index (Phi) is 3.60. The van der Waals surface area contributed by atoms with Gasteiger partial charge in [-0.1, -0.05) is 0 Å². The van der Waals surface area contributed by atoms with Crippen LogP contribution in [0.2, 0.25) is 0 Å². The van der Waals surface area contributed by atoms with E-state index in [0.29, 0.717) is 6.07 Å². The topological polar surface area (TPSA) is 36.7 Å². The van der Waals surface area contributed by atoms with E-state index in [1.165, 1.54) is 6.07 Å². The molecule has 0 spiro atoms. The molecule has 0 amide bonds. The third kappa shape index (κ3) is 2.87. The fourth-order valence-electron chi connectivity index (χ4n) is 1.15. The van der Waals surface area contributed by atoms with E-state index >= 15 is 0 Å². The lowest BCUT2D eigenvalue weighted by atomic mass is 10.1. The molecule has 1 aromatic rings. The number of nitriles is 1. The van der Waals surface area contributed by atoms with Crippen LogP contribution in [0.1, 0.15) is 23.2 Å². The highest BCUT2D eigenvalue weighted by Gasteiger charge is 2.38. The highest BCUT2D eigenvalue weighted by Crippen LogP contribution is 2.35. The summed E-state index contributed by atoms with van der Waals surface area (Å²) in [6, 6.07) is 1.76. The van der Waals surface area contributed by atoms with Gasteiger partial charge in [0, 0.05) is 11.1 Å².